The van der Waals surface area contributed by atoms with Crippen molar-refractivity contribution in [3.05, 3.63) is 29.8 Å². The fourth-order valence-corrected chi connectivity index (χ4v) is 1.63. The summed E-state index contributed by atoms with van der Waals surface area (Å²) in [7, 11) is 1.33. The molecule has 0 aliphatic heterocycles. The number of carbonyl (C=O) groups is 2. The lowest BCUT2D eigenvalue weighted by atomic mass is 10.0. The maximum atomic E-state index is 11.8. The molecule has 0 aliphatic rings. The van der Waals surface area contributed by atoms with Crippen LogP contribution in [-0.4, -0.2) is 25.5 Å². The summed E-state index contributed by atoms with van der Waals surface area (Å²) >= 11 is 0. The van der Waals surface area contributed by atoms with Crippen LogP contribution in [0.5, 0.6) is 0 Å². The normalized spacial score (nSPS) is 11.7. The van der Waals surface area contributed by atoms with Crippen LogP contribution in [0.25, 0.3) is 0 Å². The minimum atomic E-state index is -0.394. The number of ether oxygens (including phenoxy) is 1. The van der Waals surface area contributed by atoms with Gasteiger partial charge in [-0.2, -0.15) is 0 Å². The molecule has 0 bridgehead atoms. The van der Waals surface area contributed by atoms with Crippen molar-refractivity contribution in [1.29, 1.82) is 0 Å². The van der Waals surface area contributed by atoms with Crippen molar-refractivity contribution in [1.82, 2.24) is 0 Å². The van der Waals surface area contributed by atoms with Crippen LogP contribution in [-0.2, 0) is 9.53 Å². The van der Waals surface area contributed by atoms with Gasteiger partial charge in [0.25, 0.3) is 0 Å². The van der Waals surface area contributed by atoms with Crippen LogP contribution in [0.15, 0.2) is 24.3 Å². The average Bonchev–Trinajstić information content (AvgIpc) is 2.44. The maximum Gasteiger partial charge on any atom is 0.337 e. The van der Waals surface area contributed by atoms with E-state index in [0.29, 0.717) is 17.8 Å². The average molecular weight is 264 g/mol. The van der Waals surface area contributed by atoms with Crippen molar-refractivity contribution >= 4 is 17.6 Å². The van der Waals surface area contributed by atoms with Gasteiger partial charge in [-0.3, -0.25) is 4.79 Å². The van der Waals surface area contributed by atoms with Gasteiger partial charge in [-0.15, -0.1) is 0 Å². The Balaban J connectivity index is 2.57. The number of hydrogen-bond acceptors (Lipinski definition) is 4. The first-order valence-electron chi connectivity index (χ1n) is 6.27. The van der Waals surface area contributed by atoms with Crippen molar-refractivity contribution in [3.8, 4) is 0 Å². The second-order valence-electron chi connectivity index (χ2n) is 4.39. The molecule has 19 heavy (non-hydrogen) atoms. The number of nitrogens with one attached hydrogen (secondary N) is 1. The van der Waals surface area contributed by atoms with Gasteiger partial charge in [0.15, 0.2) is 0 Å². The van der Waals surface area contributed by atoms with E-state index >= 15 is 0 Å². The molecule has 104 valence electrons. The molecule has 0 fully saturated rings. The van der Waals surface area contributed by atoms with Crippen molar-refractivity contribution < 1.29 is 14.3 Å². The van der Waals surface area contributed by atoms with Crippen molar-refractivity contribution in [3.63, 3.8) is 0 Å². The molecule has 1 amide bonds. The number of amides is 1. The summed E-state index contributed by atoms with van der Waals surface area (Å²) in [4.78, 5) is 23.1. The zero-order valence-electron chi connectivity index (χ0n) is 11.3. The van der Waals surface area contributed by atoms with Gasteiger partial charge in [0, 0.05) is 11.6 Å². The minimum Gasteiger partial charge on any atom is -0.465 e. The Bertz CT molecular complexity index is 429. The van der Waals surface area contributed by atoms with E-state index < -0.39 is 5.97 Å². The first-order chi connectivity index (χ1) is 9.08. The van der Waals surface area contributed by atoms with Gasteiger partial charge in [0.2, 0.25) is 5.91 Å². The number of carbonyl (C=O) groups excluding carboxylic acids is 2. The lowest BCUT2D eigenvalue weighted by Crippen LogP contribution is -2.21. The summed E-state index contributed by atoms with van der Waals surface area (Å²) < 4.78 is 4.60. The van der Waals surface area contributed by atoms with Gasteiger partial charge in [-0.25, -0.2) is 4.79 Å². The van der Waals surface area contributed by atoms with Gasteiger partial charge in [-0.05, 0) is 43.7 Å². The van der Waals surface area contributed by atoms with E-state index in [2.05, 4.69) is 10.1 Å². The van der Waals surface area contributed by atoms with Gasteiger partial charge < -0.3 is 15.8 Å². The smallest absolute Gasteiger partial charge is 0.337 e. The van der Waals surface area contributed by atoms with E-state index in [4.69, 9.17) is 5.73 Å². The van der Waals surface area contributed by atoms with Gasteiger partial charge in [0.1, 0.15) is 0 Å². The highest BCUT2D eigenvalue weighted by Crippen LogP contribution is 2.13. The largest absolute Gasteiger partial charge is 0.465 e. The van der Waals surface area contributed by atoms with Crippen molar-refractivity contribution in [2.75, 3.05) is 19.0 Å². The molecule has 5 nitrogen and oxygen atoms in total. The molecule has 3 N–H and O–H groups in total. The minimum absolute atomic E-state index is 0.0423. The topological polar surface area (TPSA) is 81.4 Å². The first kappa shape index (κ1) is 15.2. The Morgan fingerprint density at radius 3 is 2.47 bits per heavy atom. The van der Waals surface area contributed by atoms with Crippen LogP contribution in [0, 0.1) is 5.92 Å². The van der Waals surface area contributed by atoms with Gasteiger partial charge >= 0.3 is 5.97 Å². The molecule has 0 radical (unpaired) electrons. The molecule has 1 atom stereocenters. The second-order valence-corrected chi connectivity index (χ2v) is 4.39. The monoisotopic (exact) mass is 264 g/mol. The van der Waals surface area contributed by atoms with E-state index in [1.165, 1.54) is 7.11 Å². The molecule has 1 rings (SSSR count). The van der Waals surface area contributed by atoms with Crippen molar-refractivity contribution in [2.24, 2.45) is 11.7 Å². The zero-order chi connectivity index (χ0) is 14.3. The number of hydrogen-bond donors (Lipinski definition) is 2. The van der Waals surface area contributed by atoms with E-state index in [1.807, 2.05) is 6.92 Å². The van der Waals surface area contributed by atoms with E-state index in [1.54, 1.807) is 24.3 Å². The number of anilines is 1. The SMILES string of the molecule is COC(=O)c1ccc(NC(=O)C(C)CCCN)cc1. The van der Waals surface area contributed by atoms with Crippen LogP contribution >= 0.6 is 0 Å². The number of benzene rings is 1. The van der Waals surface area contributed by atoms with Gasteiger partial charge in [-0.1, -0.05) is 6.92 Å². The van der Waals surface area contributed by atoms with Crippen LogP contribution in [0.3, 0.4) is 0 Å². The zero-order valence-corrected chi connectivity index (χ0v) is 11.3. The molecule has 0 aliphatic carbocycles. The first-order valence-corrected chi connectivity index (χ1v) is 6.27. The highest BCUT2D eigenvalue weighted by atomic mass is 16.5. The summed E-state index contributed by atoms with van der Waals surface area (Å²) in [6.45, 7) is 2.46. The molecule has 1 aromatic carbocycles. The molecule has 0 saturated heterocycles. The Hall–Kier alpha value is -1.88. The van der Waals surface area contributed by atoms with Gasteiger partial charge in [0.05, 0.1) is 12.7 Å². The van der Waals surface area contributed by atoms with Crippen LogP contribution in [0.4, 0.5) is 5.69 Å². The molecule has 1 aromatic rings. The Morgan fingerprint density at radius 1 is 1.32 bits per heavy atom. The molecule has 1 unspecified atom stereocenters. The Kier molecular flexibility index (Phi) is 6.02. The summed E-state index contributed by atoms with van der Waals surface area (Å²) in [5, 5.41) is 2.80. The highest BCUT2D eigenvalue weighted by molar-refractivity contribution is 5.93. The number of rotatable bonds is 6. The molecule has 5 heteroatoms. The molecule has 0 saturated carbocycles. The van der Waals surface area contributed by atoms with Crippen LogP contribution in [0.2, 0.25) is 0 Å². The van der Waals surface area contributed by atoms with Crippen LogP contribution < -0.4 is 11.1 Å². The summed E-state index contributed by atoms with van der Waals surface area (Å²) in [6.07, 6.45) is 1.60. The third kappa shape index (κ3) is 4.71. The van der Waals surface area contributed by atoms with Crippen LogP contribution in [0.1, 0.15) is 30.1 Å². The summed E-state index contributed by atoms with van der Waals surface area (Å²) in [6, 6.07) is 6.59. The van der Waals surface area contributed by atoms with Crippen molar-refractivity contribution in [2.45, 2.75) is 19.8 Å². The van der Waals surface area contributed by atoms with E-state index in [9.17, 15) is 9.59 Å². The highest BCUT2D eigenvalue weighted by Gasteiger charge is 2.12. The summed E-state index contributed by atoms with van der Waals surface area (Å²) in [5.41, 5.74) is 6.53. The Morgan fingerprint density at radius 2 is 1.95 bits per heavy atom. The third-order valence-corrected chi connectivity index (χ3v) is 2.86. The van der Waals surface area contributed by atoms with E-state index in [-0.39, 0.29) is 11.8 Å². The molecule has 0 heterocycles. The maximum absolute atomic E-state index is 11.8. The van der Waals surface area contributed by atoms with E-state index in [0.717, 1.165) is 12.8 Å². The number of nitrogens with two attached hydrogens (primary N) is 1. The molecule has 0 aromatic heterocycles. The summed E-state index contributed by atoms with van der Waals surface area (Å²) in [5.74, 6) is -0.516. The second kappa shape index (κ2) is 7.53. The Labute approximate surface area is 113 Å². The third-order valence-electron chi connectivity index (χ3n) is 2.86. The lowest BCUT2D eigenvalue weighted by Gasteiger charge is -2.11. The molecular formula is C14H20N2O3. The number of esters is 1. The fraction of sp³-hybridized carbons (Fsp3) is 0.429. The quantitative estimate of drug-likeness (QED) is 0.767. The standard InChI is InChI=1S/C14H20N2O3/c1-10(4-3-9-15)13(17)16-12-7-5-11(6-8-12)14(18)19-2/h5-8,10H,3-4,9,15H2,1-2H3,(H,16,17). The lowest BCUT2D eigenvalue weighted by molar-refractivity contribution is -0.119. The molecular weight excluding hydrogens is 244 g/mol. The predicted octanol–water partition coefficient (Wildman–Crippen LogP) is 1.79. The predicted molar refractivity (Wildman–Crippen MR) is 73.9 cm³/mol. The molecule has 0 spiro atoms. The number of methoxy groups -OCH3 is 1. The fourth-order valence-electron chi connectivity index (χ4n) is 1.63.